The van der Waals surface area contributed by atoms with Gasteiger partial charge in [-0.3, -0.25) is 0 Å². The molecule has 0 saturated heterocycles. The molecule has 0 radical (unpaired) electrons. The highest BCUT2D eigenvalue weighted by Gasteiger charge is 2.11. The van der Waals surface area contributed by atoms with Gasteiger partial charge in [-0.2, -0.15) is 0 Å². The zero-order chi connectivity index (χ0) is 15.4. The molecule has 0 bridgehead atoms. The van der Waals surface area contributed by atoms with Gasteiger partial charge >= 0.3 is 5.97 Å². The summed E-state index contributed by atoms with van der Waals surface area (Å²) >= 11 is 2.88. The molecular formula is C14H11N3O3S2. The SMILES string of the molecule is O=C(O)c1ccc(CSc2nnc(Nc3ccccc3)s2)o1. The highest BCUT2D eigenvalue weighted by molar-refractivity contribution is 8.00. The van der Waals surface area contributed by atoms with Crippen LogP contribution in [0.4, 0.5) is 10.8 Å². The first-order chi connectivity index (χ1) is 10.7. The maximum atomic E-state index is 10.7. The molecule has 6 nitrogen and oxygen atoms in total. The summed E-state index contributed by atoms with van der Waals surface area (Å²) in [5, 5.41) is 20.8. The smallest absolute Gasteiger partial charge is 0.371 e. The van der Waals surface area contributed by atoms with E-state index in [1.54, 1.807) is 6.07 Å². The van der Waals surface area contributed by atoms with Crippen LogP contribution in [-0.2, 0) is 5.75 Å². The van der Waals surface area contributed by atoms with E-state index in [2.05, 4.69) is 15.5 Å². The van der Waals surface area contributed by atoms with E-state index in [1.807, 2.05) is 30.3 Å². The molecule has 2 aromatic heterocycles. The van der Waals surface area contributed by atoms with Crippen molar-refractivity contribution < 1.29 is 14.3 Å². The Morgan fingerprint density at radius 1 is 1.23 bits per heavy atom. The van der Waals surface area contributed by atoms with Crippen molar-refractivity contribution in [2.45, 2.75) is 10.1 Å². The predicted octanol–water partition coefficient (Wildman–Crippen LogP) is 3.87. The minimum absolute atomic E-state index is 0.0562. The fraction of sp³-hybridized carbons (Fsp3) is 0.0714. The Labute approximate surface area is 134 Å². The van der Waals surface area contributed by atoms with Crippen LogP contribution in [0.3, 0.4) is 0 Å². The number of benzene rings is 1. The highest BCUT2D eigenvalue weighted by Crippen LogP contribution is 2.30. The zero-order valence-corrected chi connectivity index (χ0v) is 12.9. The van der Waals surface area contributed by atoms with E-state index in [9.17, 15) is 4.79 Å². The van der Waals surface area contributed by atoms with Gasteiger partial charge in [-0.05, 0) is 24.3 Å². The van der Waals surface area contributed by atoms with Gasteiger partial charge in [-0.1, -0.05) is 41.3 Å². The summed E-state index contributed by atoms with van der Waals surface area (Å²) in [6.07, 6.45) is 0. The maximum absolute atomic E-state index is 10.7. The molecule has 0 atom stereocenters. The summed E-state index contributed by atoms with van der Waals surface area (Å²) in [5.74, 6) is -0.0243. The van der Waals surface area contributed by atoms with Crippen LogP contribution in [0, 0.1) is 0 Å². The molecule has 0 fully saturated rings. The van der Waals surface area contributed by atoms with E-state index in [1.165, 1.54) is 29.2 Å². The number of hydrogen-bond acceptors (Lipinski definition) is 7. The first kappa shape index (κ1) is 14.6. The molecule has 22 heavy (non-hydrogen) atoms. The summed E-state index contributed by atoms with van der Waals surface area (Å²) in [7, 11) is 0. The Balaban J connectivity index is 1.58. The average molecular weight is 333 g/mol. The second-order valence-corrected chi connectivity index (χ2v) is 6.42. The van der Waals surface area contributed by atoms with Crippen LogP contribution in [-0.4, -0.2) is 21.3 Å². The standard InChI is InChI=1S/C14H11N3O3S2/c18-12(19)11-7-6-10(20-11)8-21-14-17-16-13(22-14)15-9-4-2-1-3-5-9/h1-7H,8H2,(H,15,16)(H,18,19). The van der Waals surface area contributed by atoms with Gasteiger partial charge in [-0.15, -0.1) is 10.2 Å². The predicted molar refractivity (Wildman–Crippen MR) is 84.9 cm³/mol. The topological polar surface area (TPSA) is 88.2 Å². The molecule has 0 unspecified atom stereocenters. The van der Waals surface area contributed by atoms with Gasteiger partial charge in [0.25, 0.3) is 0 Å². The van der Waals surface area contributed by atoms with E-state index < -0.39 is 5.97 Å². The van der Waals surface area contributed by atoms with E-state index in [-0.39, 0.29) is 5.76 Å². The third-order valence-corrected chi connectivity index (χ3v) is 4.64. The molecule has 0 aliphatic carbocycles. The van der Waals surface area contributed by atoms with Crippen molar-refractivity contribution in [2.75, 3.05) is 5.32 Å². The number of nitrogens with one attached hydrogen (secondary N) is 1. The monoisotopic (exact) mass is 333 g/mol. The number of thioether (sulfide) groups is 1. The van der Waals surface area contributed by atoms with Gasteiger partial charge in [0.05, 0.1) is 5.75 Å². The fourth-order valence-electron chi connectivity index (χ4n) is 1.67. The second kappa shape index (κ2) is 6.63. The van der Waals surface area contributed by atoms with Crippen molar-refractivity contribution in [3.05, 3.63) is 54.0 Å². The number of hydrogen-bond donors (Lipinski definition) is 2. The van der Waals surface area contributed by atoms with Crippen molar-refractivity contribution in [2.24, 2.45) is 0 Å². The molecule has 0 aliphatic heterocycles. The second-order valence-electron chi connectivity index (χ2n) is 4.22. The van der Waals surface area contributed by atoms with Crippen molar-refractivity contribution >= 4 is 39.9 Å². The number of furan rings is 1. The van der Waals surface area contributed by atoms with E-state index in [0.717, 1.165) is 10.0 Å². The van der Waals surface area contributed by atoms with E-state index in [0.29, 0.717) is 16.6 Å². The summed E-state index contributed by atoms with van der Waals surface area (Å²) < 4.78 is 5.97. The number of carboxylic acid groups (broad SMARTS) is 1. The Morgan fingerprint density at radius 3 is 2.77 bits per heavy atom. The van der Waals surface area contributed by atoms with Crippen LogP contribution in [0.5, 0.6) is 0 Å². The molecule has 2 heterocycles. The van der Waals surface area contributed by atoms with E-state index >= 15 is 0 Å². The third-order valence-electron chi connectivity index (χ3n) is 2.64. The van der Waals surface area contributed by atoms with Crippen LogP contribution in [0.15, 0.2) is 51.2 Å². The molecular weight excluding hydrogens is 322 g/mol. The molecule has 3 rings (SSSR count). The number of anilines is 2. The summed E-state index contributed by atoms with van der Waals surface area (Å²) in [6, 6.07) is 12.8. The third kappa shape index (κ3) is 3.66. The van der Waals surface area contributed by atoms with E-state index in [4.69, 9.17) is 9.52 Å². The molecule has 0 spiro atoms. The molecule has 0 amide bonds. The summed E-state index contributed by atoms with van der Waals surface area (Å²) in [4.78, 5) is 10.7. The van der Waals surface area contributed by atoms with Crippen molar-refractivity contribution in [3.63, 3.8) is 0 Å². The number of carboxylic acids is 1. The van der Waals surface area contributed by atoms with Crippen LogP contribution in [0.1, 0.15) is 16.3 Å². The quantitative estimate of drug-likeness (QED) is 0.662. The van der Waals surface area contributed by atoms with Crippen molar-refractivity contribution in [1.29, 1.82) is 0 Å². The average Bonchev–Trinajstić information content (AvgIpc) is 3.15. The molecule has 0 saturated carbocycles. The lowest BCUT2D eigenvalue weighted by molar-refractivity contribution is 0.0661. The molecule has 8 heteroatoms. The lowest BCUT2D eigenvalue weighted by Crippen LogP contribution is -1.91. The van der Waals surface area contributed by atoms with Crippen LogP contribution >= 0.6 is 23.1 Å². The molecule has 1 aromatic carbocycles. The molecule has 3 aromatic rings. The van der Waals surface area contributed by atoms with Gasteiger partial charge < -0.3 is 14.8 Å². The largest absolute Gasteiger partial charge is 0.475 e. The minimum atomic E-state index is -1.07. The maximum Gasteiger partial charge on any atom is 0.371 e. The molecule has 2 N–H and O–H groups in total. The van der Waals surface area contributed by atoms with Gasteiger partial charge in [0, 0.05) is 5.69 Å². The summed E-state index contributed by atoms with van der Waals surface area (Å²) in [6.45, 7) is 0. The Kier molecular flexibility index (Phi) is 4.40. The Hall–Kier alpha value is -2.32. The number of rotatable bonds is 6. The van der Waals surface area contributed by atoms with Gasteiger partial charge in [-0.25, -0.2) is 4.79 Å². The first-order valence-electron chi connectivity index (χ1n) is 6.31. The minimum Gasteiger partial charge on any atom is -0.475 e. The van der Waals surface area contributed by atoms with Crippen LogP contribution < -0.4 is 5.32 Å². The number of nitrogens with zero attached hydrogens (tertiary/aromatic N) is 2. The highest BCUT2D eigenvalue weighted by atomic mass is 32.2. The fourth-order valence-corrected chi connectivity index (χ4v) is 3.33. The van der Waals surface area contributed by atoms with Gasteiger partial charge in [0.2, 0.25) is 10.9 Å². The number of para-hydroxylation sites is 1. The lowest BCUT2D eigenvalue weighted by Gasteiger charge is -1.99. The zero-order valence-electron chi connectivity index (χ0n) is 11.2. The number of aromatic nitrogens is 2. The number of carbonyl (C=O) groups is 1. The summed E-state index contributed by atoms with van der Waals surface area (Å²) in [5.41, 5.74) is 0.951. The van der Waals surface area contributed by atoms with Gasteiger partial charge in [0.1, 0.15) is 5.76 Å². The Morgan fingerprint density at radius 2 is 2.05 bits per heavy atom. The molecule has 0 aliphatic rings. The first-order valence-corrected chi connectivity index (χ1v) is 8.11. The molecule has 112 valence electrons. The van der Waals surface area contributed by atoms with Crippen molar-refractivity contribution in [3.8, 4) is 0 Å². The normalized spacial score (nSPS) is 10.5. The van der Waals surface area contributed by atoms with Crippen LogP contribution in [0.25, 0.3) is 0 Å². The van der Waals surface area contributed by atoms with Crippen LogP contribution in [0.2, 0.25) is 0 Å². The van der Waals surface area contributed by atoms with Gasteiger partial charge in [0.15, 0.2) is 4.34 Å². The number of aromatic carboxylic acids is 1. The Bertz CT molecular complexity index is 771. The van der Waals surface area contributed by atoms with Crippen molar-refractivity contribution in [1.82, 2.24) is 10.2 Å². The lowest BCUT2D eigenvalue weighted by atomic mass is 10.3.